The Bertz CT molecular complexity index is 505. The monoisotopic (exact) mass is 297 g/mol. The van der Waals surface area contributed by atoms with Crippen LogP contribution in [0.25, 0.3) is 11.3 Å². The number of hydrogen-bond donors (Lipinski definition) is 1. The number of benzene rings is 1. The third kappa shape index (κ3) is 1.97. The average Bonchev–Trinajstić information content (AvgIpc) is 2.57. The molecule has 0 atom stereocenters. The third-order valence-corrected chi connectivity index (χ3v) is 4.07. The molecule has 2 N–H and O–H groups in total. The number of rotatable bonds is 2. The number of imidazole rings is 1. The van der Waals surface area contributed by atoms with E-state index in [4.69, 9.17) is 5.73 Å². The average molecular weight is 298 g/mol. The van der Waals surface area contributed by atoms with Crippen LogP contribution in [0.15, 0.2) is 33.8 Å². The second-order valence-corrected chi connectivity index (χ2v) is 5.03. The first-order chi connectivity index (χ1) is 7.63. The highest BCUT2D eigenvalue weighted by Gasteiger charge is 2.11. The Labute approximate surface area is 107 Å². The maximum absolute atomic E-state index is 5.75. The lowest BCUT2D eigenvalue weighted by molar-refractivity contribution is 0.907. The van der Waals surface area contributed by atoms with E-state index in [1.807, 2.05) is 11.6 Å². The van der Waals surface area contributed by atoms with Crippen molar-refractivity contribution >= 4 is 33.6 Å². The molecule has 0 amide bonds. The van der Waals surface area contributed by atoms with E-state index in [0.29, 0.717) is 5.95 Å². The summed E-state index contributed by atoms with van der Waals surface area (Å²) in [5.74, 6) is 0.510. The minimum absolute atomic E-state index is 0.510. The predicted octanol–water partition coefficient (Wildman–Crippen LogP) is 3.15. The molecule has 1 aromatic carbocycles. The summed E-state index contributed by atoms with van der Waals surface area (Å²) in [4.78, 5) is 5.56. The largest absolute Gasteiger partial charge is 0.369 e. The molecule has 0 aliphatic heterocycles. The van der Waals surface area contributed by atoms with Crippen molar-refractivity contribution in [2.75, 3.05) is 12.0 Å². The number of anilines is 1. The maximum Gasteiger partial charge on any atom is 0.201 e. The van der Waals surface area contributed by atoms with E-state index >= 15 is 0 Å². The molecule has 16 heavy (non-hydrogen) atoms. The lowest BCUT2D eigenvalue weighted by Crippen LogP contribution is -1.96. The summed E-state index contributed by atoms with van der Waals surface area (Å²) in [5, 5.41) is 0. The Kier molecular flexibility index (Phi) is 3.25. The Morgan fingerprint density at radius 3 is 2.38 bits per heavy atom. The Balaban J connectivity index is 2.46. The summed E-state index contributed by atoms with van der Waals surface area (Å²) in [6, 6.07) is 8.27. The van der Waals surface area contributed by atoms with Gasteiger partial charge in [0.2, 0.25) is 5.95 Å². The Hall–Kier alpha value is -0.940. The van der Waals surface area contributed by atoms with E-state index in [-0.39, 0.29) is 0 Å². The second kappa shape index (κ2) is 4.51. The van der Waals surface area contributed by atoms with Crippen molar-refractivity contribution in [2.24, 2.45) is 7.05 Å². The highest BCUT2D eigenvalue weighted by molar-refractivity contribution is 9.10. The van der Waals surface area contributed by atoms with Crippen molar-refractivity contribution in [3.63, 3.8) is 0 Å². The van der Waals surface area contributed by atoms with E-state index in [1.54, 1.807) is 11.8 Å². The van der Waals surface area contributed by atoms with E-state index in [9.17, 15) is 0 Å². The molecule has 1 aromatic heterocycles. The zero-order chi connectivity index (χ0) is 11.7. The van der Waals surface area contributed by atoms with Crippen LogP contribution in [0.3, 0.4) is 0 Å². The molecule has 0 radical (unpaired) electrons. The van der Waals surface area contributed by atoms with Crippen molar-refractivity contribution in [1.82, 2.24) is 9.55 Å². The van der Waals surface area contributed by atoms with Gasteiger partial charge in [0, 0.05) is 17.5 Å². The normalized spacial score (nSPS) is 10.7. The summed E-state index contributed by atoms with van der Waals surface area (Å²) in [7, 11) is 1.88. The fraction of sp³-hybridized carbons (Fsp3) is 0.182. The topological polar surface area (TPSA) is 43.8 Å². The molecular formula is C11H12BrN3S. The van der Waals surface area contributed by atoms with Crippen LogP contribution in [0.1, 0.15) is 0 Å². The van der Waals surface area contributed by atoms with Gasteiger partial charge in [-0.2, -0.15) is 0 Å². The van der Waals surface area contributed by atoms with E-state index in [2.05, 4.69) is 51.4 Å². The van der Waals surface area contributed by atoms with Crippen LogP contribution < -0.4 is 5.73 Å². The summed E-state index contributed by atoms with van der Waals surface area (Å²) in [5.41, 5.74) is 7.70. The molecule has 0 aliphatic rings. The predicted molar refractivity (Wildman–Crippen MR) is 72.5 cm³/mol. The van der Waals surface area contributed by atoms with Crippen LogP contribution >= 0.6 is 27.7 Å². The summed E-state index contributed by atoms with van der Waals surface area (Å²) >= 11 is 5.21. The van der Waals surface area contributed by atoms with E-state index in [0.717, 1.165) is 15.9 Å². The number of nitrogens with two attached hydrogens (primary N) is 1. The lowest BCUT2D eigenvalue weighted by atomic mass is 10.2. The number of aromatic nitrogens is 2. The second-order valence-electron chi connectivity index (χ2n) is 3.40. The zero-order valence-corrected chi connectivity index (χ0v) is 11.5. The summed E-state index contributed by atoms with van der Waals surface area (Å²) in [6.07, 6.45) is 2.06. The molecule has 0 saturated heterocycles. The van der Waals surface area contributed by atoms with Gasteiger partial charge in [-0.3, -0.25) is 0 Å². The number of halogens is 1. The van der Waals surface area contributed by atoms with Crippen molar-refractivity contribution < 1.29 is 0 Å². The molecule has 2 aromatic rings. The minimum atomic E-state index is 0.510. The van der Waals surface area contributed by atoms with E-state index in [1.165, 1.54) is 4.90 Å². The highest BCUT2D eigenvalue weighted by atomic mass is 79.9. The van der Waals surface area contributed by atoms with Crippen LogP contribution in [-0.2, 0) is 7.05 Å². The van der Waals surface area contributed by atoms with Crippen molar-refractivity contribution in [1.29, 1.82) is 0 Å². The van der Waals surface area contributed by atoms with Crippen LogP contribution in [0.5, 0.6) is 0 Å². The SMILES string of the molecule is CSc1ccc(-c2nc(N)n(C)c2Br)cc1. The van der Waals surface area contributed by atoms with Gasteiger partial charge in [0.15, 0.2) is 0 Å². The van der Waals surface area contributed by atoms with Crippen LogP contribution in [0.4, 0.5) is 5.95 Å². The van der Waals surface area contributed by atoms with Gasteiger partial charge < -0.3 is 10.3 Å². The van der Waals surface area contributed by atoms with Gasteiger partial charge in [0.25, 0.3) is 0 Å². The third-order valence-electron chi connectivity index (χ3n) is 2.42. The van der Waals surface area contributed by atoms with Crippen LogP contribution in [-0.4, -0.2) is 15.8 Å². The molecule has 0 saturated carbocycles. The molecule has 3 nitrogen and oxygen atoms in total. The molecule has 2 rings (SSSR count). The molecule has 84 valence electrons. The fourth-order valence-corrected chi connectivity index (χ4v) is 2.34. The van der Waals surface area contributed by atoms with Gasteiger partial charge in [-0.25, -0.2) is 4.98 Å². The van der Waals surface area contributed by atoms with Gasteiger partial charge in [-0.15, -0.1) is 11.8 Å². The molecule has 1 heterocycles. The Morgan fingerprint density at radius 1 is 1.31 bits per heavy atom. The number of nitrogens with zero attached hydrogens (tertiary/aromatic N) is 2. The quantitative estimate of drug-likeness (QED) is 0.866. The van der Waals surface area contributed by atoms with Crippen molar-refractivity contribution in [3.05, 3.63) is 28.9 Å². The molecule has 0 fully saturated rings. The first-order valence-electron chi connectivity index (χ1n) is 4.75. The van der Waals surface area contributed by atoms with Gasteiger partial charge in [0.1, 0.15) is 10.3 Å². The number of thioether (sulfide) groups is 1. The number of hydrogen-bond acceptors (Lipinski definition) is 3. The maximum atomic E-state index is 5.75. The van der Waals surface area contributed by atoms with Gasteiger partial charge in [-0.05, 0) is 34.3 Å². The minimum Gasteiger partial charge on any atom is -0.369 e. The van der Waals surface area contributed by atoms with Gasteiger partial charge in [-0.1, -0.05) is 12.1 Å². The first kappa shape index (κ1) is 11.5. The van der Waals surface area contributed by atoms with Crippen LogP contribution in [0.2, 0.25) is 0 Å². The van der Waals surface area contributed by atoms with Gasteiger partial charge >= 0.3 is 0 Å². The Morgan fingerprint density at radius 2 is 1.94 bits per heavy atom. The summed E-state index contributed by atoms with van der Waals surface area (Å²) < 4.78 is 2.72. The van der Waals surface area contributed by atoms with E-state index < -0.39 is 0 Å². The molecular weight excluding hydrogens is 286 g/mol. The number of nitrogen functional groups attached to an aromatic ring is 1. The molecule has 0 bridgehead atoms. The standard InChI is InChI=1S/C11H12BrN3S/c1-15-10(12)9(14-11(15)13)7-3-5-8(16-2)6-4-7/h3-6H,1-2H3,(H2,13,14). The lowest BCUT2D eigenvalue weighted by Gasteiger charge is -2.00. The smallest absolute Gasteiger partial charge is 0.201 e. The molecule has 5 heteroatoms. The first-order valence-corrected chi connectivity index (χ1v) is 6.77. The van der Waals surface area contributed by atoms with Crippen LogP contribution in [0, 0.1) is 0 Å². The zero-order valence-electron chi connectivity index (χ0n) is 9.07. The van der Waals surface area contributed by atoms with Crippen molar-refractivity contribution in [3.8, 4) is 11.3 Å². The molecule has 0 unspecified atom stereocenters. The summed E-state index contributed by atoms with van der Waals surface area (Å²) in [6.45, 7) is 0. The molecule has 0 spiro atoms. The van der Waals surface area contributed by atoms with Crippen molar-refractivity contribution in [2.45, 2.75) is 4.90 Å². The highest BCUT2D eigenvalue weighted by Crippen LogP contribution is 2.30. The fourth-order valence-electron chi connectivity index (χ4n) is 1.43. The molecule has 0 aliphatic carbocycles. The van der Waals surface area contributed by atoms with Gasteiger partial charge in [0.05, 0.1) is 0 Å².